The molecule has 2 unspecified atom stereocenters. The molecule has 232 valence electrons. The average molecular weight is 716 g/mol. The van der Waals surface area contributed by atoms with Crippen LogP contribution in [-0.4, -0.2) is 30.4 Å². The van der Waals surface area contributed by atoms with Gasteiger partial charge in [-0.1, -0.05) is 83.2 Å². The van der Waals surface area contributed by atoms with Gasteiger partial charge >= 0.3 is 6.18 Å². The van der Waals surface area contributed by atoms with E-state index in [-0.39, 0.29) is 26.4 Å². The standard InChI is InChI=1S/C33H45F3INO3Si/c1-19(2)28-26-27(25-22(38-28)16-31(6,7)17-23(25)41-42(8,9)30(3,4)5)32(14-15-39-18-24(32)37)40-29(26)20-10-12-21(13-11-20)33(34,35)36/h10-13,19,23-24,29H,14-18H2,1-9H3/t23-,24?,29+,32?/m0/s1. The molecule has 4 atom stereocenters. The summed E-state index contributed by atoms with van der Waals surface area (Å²) >= 11 is 2.46. The van der Waals surface area contributed by atoms with E-state index >= 15 is 0 Å². The molecule has 1 aliphatic carbocycles. The molecule has 3 aliphatic rings. The predicted molar refractivity (Wildman–Crippen MR) is 171 cm³/mol. The van der Waals surface area contributed by atoms with Crippen LogP contribution >= 0.6 is 22.6 Å². The second-order valence-corrected chi connectivity index (χ2v) is 21.3. The van der Waals surface area contributed by atoms with Gasteiger partial charge in [0.1, 0.15) is 11.7 Å². The molecule has 1 fully saturated rings. The minimum Gasteiger partial charge on any atom is -0.410 e. The lowest BCUT2D eigenvalue weighted by Crippen LogP contribution is -2.47. The van der Waals surface area contributed by atoms with E-state index in [9.17, 15) is 13.2 Å². The predicted octanol–water partition coefficient (Wildman–Crippen LogP) is 9.80. The van der Waals surface area contributed by atoms with Gasteiger partial charge in [-0.2, -0.15) is 13.2 Å². The second-order valence-electron chi connectivity index (χ2n) is 15.0. The highest BCUT2D eigenvalue weighted by molar-refractivity contribution is 14.1. The topological polar surface area (TPSA) is 40.6 Å². The quantitative estimate of drug-likeness (QED) is 0.180. The van der Waals surface area contributed by atoms with Crippen molar-refractivity contribution in [2.45, 2.75) is 120 Å². The first-order chi connectivity index (χ1) is 19.3. The smallest absolute Gasteiger partial charge is 0.410 e. The highest BCUT2D eigenvalue weighted by atomic mass is 127. The third kappa shape index (κ3) is 5.63. The van der Waals surface area contributed by atoms with Crippen molar-refractivity contribution in [2.24, 2.45) is 5.41 Å². The van der Waals surface area contributed by atoms with Crippen molar-refractivity contribution in [3.63, 3.8) is 0 Å². The summed E-state index contributed by atoms with van der Waals surface area (Å²) < 4.78 is 60.9. The Morgan fingerprint density at radius 3 is 2.26 bits per heavy atom. The molecule has 0 radical (unpaired) electrons. The Balaban J connectivity index is 1.79. The van der Waals surface area contributed by atoms with Crippen LogP contribution in [0.1, 0.15) is 119 Å². The number of halogens is 4. The number of hydrogen-bond acceptors (Lipinski definition) is 4. The van der Waals surface area contributed by atoms with Crippen molar-refractivity contribution < 1.29 is 27.1 Å². The lowest BCUT2D eigenvalue weighted by Gasteiger charge is -2.47. The van der Waals surface area contributed by atoms with E-state index in [4.69, 9.17) is 18.9 Å². The molecule has 0 saturated carbocycles. The molecule has 1 aromatic heterocycles. The lowest BCUT2D eigenvalue weighted by molar-refractivity contribution is -0.137. The molecule has 1 saturated heterocycles. The zero-order valence-corrected chi connectivity index (χ0v) is 29.5. The summed E-state index contributed by atoms with van der Waals surface area (Å²) in [5.74, 6) is 0.108. The fourth-order valence-electron chi connectivity index (χ4n) is 6.61. The maximum Gasteiger partial charge on any atom is 0.416 e. The molecule has 9 heteroatoms. The van der Waals surface area contributed by atoms with E-state index in [1.54, 1.807) is 12.1 Å². The molecule has 2 aromatic rings. The van der Waals surface area contributed by atoms with Gasteiger partial charge in [0, 0.05) is 41.1 Å². The van der Waals surface area contributed by atoms with E-state index in [1.807, 2.05) is 0 Å². The van der Waals surface area contributed by atoms with Crippen molar-refractivity contribution >= 4 is 30.9 Å². The van der Waals surface area contributed by atoms with Crippen LogP contribution in [0.5, 0.6) is 0 Å². The molecule has 0 bridgehead atoms. The molecule has 0 N–H and O–H groups in total. The van der Waals surface area contributed by atoms with Crippen LogP contribution in [0.4, 0.5) is 13.2 Å². The number of hydrogen-bond donors (Lipinski definition) is 0. The van der Waals surface area contributed by atoms with E-state index < -0.39 is 31.8 Å². The first-order valence-corrected chi connectivity index (χ1v) is 19.2. The maximum atomic E-state index is 13.5. The van der Waals surface area contributed by atoms with Gasteiger partial charge in [-0.15, -0.1) is 0 Å². The minimum absolute atomic E-state index is 0.00830. The van der Waals surface area contributed by atoms with E-state index in [0.717, 1.165) is 40.9 Å². The summed E-state index contributed by atoms with van der Waals surface area (Å²) in [5.41, 5.74) is 4.85. The van der Waals surface area contributed by atoms with E-state index in [0.29, 0.717) is 19.6 Å². The third-order valence-electron chi connectivity index (χ3n) is 9.82. The monoisotopic (exact) mass is 715 g/mol. The van der Waals surface area contributed by atoms with Gasteiger partial charge in [0.05, 0.1) is 22.2 Å². The van der Waals surface area contributed by atoms with Crippen LogP contribution in [0.25, 0.3) is 0 Å². The van der Waals surface area contributed by atoms with Crippen molar-refractivity contribution in [1.82, 2.24) is 4.98 Å². The number of nitrogens with zero attached hydrogens (tertiary/aromatic N) is 1. The number of alkyl halides is 4. The molecule has 4 nitrogen and oxygen atoms in total. The Kier molecular flexibility index (Phi) is 8.33. The van der Waals surface area contributed by atoms with Crippen molar-refractivity contribution in [3.8, 4) is 0 Å². The number of pyridine rings is 1. The van der Waals surface area contributed by atoms with Gasteiger partial charge in [0.25, 0.3) is 0 Å². The number of aromatic nitrogens is 1. The Bertz CT molecular complexity index is 1340. The molecular formula is C33H45F3INO3Si. The summed E-state index contributed by atoms with van der Waals surface area (Å²) in [4.78, 5) is 5.40. The van der Waals surface area contributed by atoms with Gasteiger partial charge in [0.15, 0.2) is 8.32 Å². The van der Waals surface area contributed by atoms with Gasteiger partial charge in [-0.05, 0) is 60.0 Å². The molecule has 5 rings (SSSR count). The summed E-state index contributed by atoms with van der Waals surface area (Å²) in [5, 5.41) is 0.0324. The average Bonchev–Trinajstić information content (AvgIpc) is 3.18. The second kappa shape index (κ2) is 10.8. The fourth-order valence-corrected chi connectivity index (χ4v) is 8.90. The van der Waals surface area contributed by atoms with E-state index in [2.05, 4.69) is 84.2 Å². The van der Waals surface area contributed by atoms with Gasteiger partial charge in [-0.25, -0.2) is 0 Å². The zero-order valence-electron chi connectivity index (χ0n) is 26.3. The van der Waals surface area contributed by atoms with Crippen LogP contribution in [0.2, 0.25) is 18.1 Å². The van der Waals surface area contributed by atoms with Crippen molar-refractivity contribution in [3.05, 3.63) is 63.5 Å². The van der Waals surface area contributed by atoms with Crippen molar-refractivity contribution in [1.29, 1.82) is 0 Å². The summed E-state index contributed by atoms with van der Waals surface area (Å²) in [6, 6.07) is 5.49. The lowest BCUT2D eigenvalue weighted by atomic mass is 9.70. The molecular weight excluding hydrogens is 670 g/mol. The van der Waals surface area contributed by atoms with Crippen LogP contribution in [-0.2, 0) is 32.1 Å². The fraction of sp³-hybridized carbons (Fsp3) is 0.667. The third-order valence-corrected chi connectivity index (χ3v) is 15.7. The highest BCUT2D eigenvalue weighted by Crippen LogP contribution is 2.60. The zero-order chi connectivity index (χ0) is 31.0. The summed E-state index contributed by atoms with van der Waals surface area (Å²) in [7, 11) is -2.18. The first-order valence-electron chi connectivity index (χ1n) is 15.1. The highest BCUT2D eigenvalue weighted by Gasteiger charge is 2.56. The minimum atomic E-state index is -4.40. The van der Waals surface area contributed by atoms with Gasteiger partial charge in [0.2, 0.25) is 0 Å². The number of fused-ring (bicyclic) bond motifs is 4. The Labute approximate surface area is 263 Å². The number of rotatable bonds is 4. The molecule has 0 amide bonds. The molecule has 2 aliphatic heterocycles. The Morgan fingerprint density at radius 2 is 1.71 bits per heavy atom. The van der Waals surface area contributed by atoms with Gasteiger partial charge < -0.3 is 13.9 Å². The van der Waals surface area contributed by atoms with Crippen molar-refractivity contribution in [2.75, 3.05) is 13.2 Å². The maximum absolute atomic E-state index is 13.5. The molecule has 42 heavy (non-hydrogen) atoms. The molecule has 3 heterocycles. The normalized spacial score (nSPS) is 27.8. The Hall–Kier alpha value is -1.01. The van der Waals surface area contributed by atoms with Crippen LogP contribution < -0.4 is 0 Å². The Morgan fingerprint density at radius 1 is 1.07 bits per heavy atom. The molecule has 1 aromatic carbocycles. The summed E-state index contributed by atoms with van der Waals surface area (Å²) in [6.07, 6.45) is -2.65. The van der Waals surface area contributed by atoms with Crippen LogP contribution in [0.3, 0.4) is 0 Å². The largest absolute Gasteiger partial charge is 0.416 e. The summed E-state index contributed by atoms with van der Waals surface area (Å²) in [6.45, 7) is 21.4. The van der Waals surface area contributed by atoms with Crippen LogP contribution in [0.15, 0.2) is 24.3 Å². The number of ether oxygens (including phenoxy) is 2. The van der Waals surface area contributed by atoms with Gasteiger partial charge in [-0.3, -0.25) is 4.98 Å². The van der Waals surface area contributed by atoms with Crippen LogP contribution in [0, 0.1) is 5.41 Å². The SMILES string of the molecule is CC(C)c1nc2c(c3c1[C@@H](c1ccc(C(F)(F)F)cc1)OC31CCOCC1I)[C@@H](O[Si](C)(C)C(C)(C)C)CC(C)(C)C2. The number of benzene rings is 1. The first kappa shape index (κ1) is 32.4. The molecule has 1 spiro atoms. The van der Waals surface area contributed by atoms with E-state index in [1.165, 1.54) is 17.7 Å².